The van der Waals surface area contributed by atoms with E-state index < -0.39 is 11.9 Å². The van der Waals surface area contributed by atoms with Gasteiger partial charge in [-0.2, -0.15) is 0 Å². The number of carbonyl (C=O) groups excluding carboxylic acids is 2. The van der Waals surface area contributed by atoms with Gasteiger partial charge in [0, 0.05) is 19.9 Å². The number of nitrogens with two attached hydrogens (primary N) is 1. The van der Waals surface area contributed by atoms with Crippen LogP contribution in [-0.4, -0.2) is 27.5 Å². The molecule has 130 valence electrons. The van der Waals surface area contributed by atoms with E-state index in [4.69, 9.17) is 5.73 Å². The minimum Gasteiger partial charge on any atom is -0.330 e. The van der Waals surface area contributed by atoms with E-state index in [1.165, 1.54) is 9.13 Å². The Hall–Kier alpha value is -2.85. The predicted octanol–water partition coefficient (Wildman–Crippen LogP) is 0.408. The Balaban J connectivity index is 2.11. The number of benzene rings is 1. The molecule has 0 spiro atoms. The summed E-state index contributed by atoms with van der Waals surface area (Å²) in [5.41, 5.74) is 7.26. The third-order valence-electron chi connectivity index (χ3n) is 4.35. The number of fused-ring (bicyclic) bond motifs is 1. The molecule has 1 aromatic heterocycles. The fraction of sp³-hybridized carbons (Fsp3) is 0.389. The van der Waals surface area contributed by atoms with Crippen molar-refractivity contribution in [2.24, 2.45) is 12.8 Å². The molecule has 2 amide bonds. The van der Waals surface area contributed by atoms with Crippen molar-refractivity contribution >= 4 is 22.8 Å². The molecule has 1 saturated heterocycles. The van der Waals surface area contributed by atoms with Crippen molar-refractivity contribution in [3.63, 3.8) is 0 Å². The van der Waals surface area contributed by atoms with Gasteiger partial charge in [-0.1, -0.05) is 17.9 Å². The molecule has 25 heavy (non-hydrogen) atoms. The van der Waals surface area contributed by atoms with Crippen LogP contribution in [0.1, 0.15) is 37.3 Å². The van der Waals surface area contributed by atoms with Crippen LogP contribution in [0.4, 0.5) is 0 Å². The van der Waals surface area contributed by atoms with Crippen molar-refractivity contribution in [1.29, 1.82) is 0 Å². The Bertz CT molecular complexity index is 958. The molecule has 1 aliphatic heterocycles. The zero-order valence-corrected chi connectivity index (χ0v) is 14.0. The van der Waals surface area contributed by atoms with Crippen LogP contribution in [0.25, 0.3) is 11.0 Å². The molecule has 1 fully saturated rings. The van der Waals surface area contributed by atoms with E-state index in [9.17, 15) is 14.4 Å². The number of nitrogens with one attached hydrogen (secondary N) is 1. The first-order chi connectivity index (χ1) is 12.0. The van der Waals surface area contributed by atoms with E-state index in [1.807, 2.05) is 12.1 Å². The summed E-state index contributed by atoms with van der Waals surface area (Å²) >= 11 is 0. The molecule has 0 bridgehead atoms. The molecular formula is C18H20N4O3. The van der Waals surface area contributed by atoms with Crippen molar-refractivity contribution in [3.8, 4) is 11.8 Å². The average molecular weight is 340 g/mol. The van der Waals surface area contributed by atoms with Gasteiger partial charge in [-0.25, -0.2) is 4.79 Å². The summed E-state index contributed by atoms with van der Waals surface area (Å²) in [7, 11) is 1.66. The summed E-state index contributed by atoms with van der Waals surface area (Å²) in [6.07, 6.45) is 2.04. The largest absolute Gasteiger partial charge is 0.330 e. The van der Waals surface area contributed by atoms with Gasteiger partial charge in [0.15, 0.2) is 0 Å². The van der Waals surface area contributed by atoms with Gasteiger partial charge >= 0.3 is 5.69 Å². The Kier molecular flexibility index (Phi) is 4.72. The molecule has 0 aliphatic carbocycles. The highest BCUT2D eigenvalue weighted by Crippen LogP contribution is 2.24. The van der Waals surface area contributed by atoms with Crippen molar-refractivity contribution in [3.05, 3.63) is 34.2 Å². The van der Waals surface area contributed by atoms with Crippen LogP contribution < -0.4 is 16.7 Å². The second-order valence-electron chi connectivity index (χ2n) is 6.05. The van der Waals surface area contributed by atoms with E-state index in [0.29, 0.717) is 30.4 Å². The quantitative estimate of drug-likeness (QED) is 0.480. The number of aromatic nitrogens is 2. The number of rotatable bonds is 3. The number of carbonyl (C=O) groups is 2. The first kappa shape index (κ1) is 17.0. The van der Waals surface area contributed by atoms with Crippen LogP contribution in [0, 0.1) is 11.8 Å². The van der Waals surface area contributed by atoms with E-state index >= 15 is 0 Å². The number of amides is 2. The molecule has 1 aromatic carbocycles. The molecule has 7 heteroatoms. The maximum Gasteiger partial charge on any atom is 0.329 e. The lowest BCUT2D eigenvalue weighted by atomic mass is 10.1. The van der Waals surface area contributed by atoms with Crippen LogP contribution in [0.5, 0.6) is 0 Å². The molecule has 1 unspecified atom stereocenters. The first-order valence-electron chi connectivity index (χ1n) is 8.27. The SMILES string of the molecule is Cn1c(=O)n(C2CCC(=O)NC2=O)c2cccc(C#CCCCN)c21. The monoisotopic (exact) mass is 340 g/mol. The fourth-order valence-corrected chi connectivity index (χ4v) is 3.12. The second-order valence-corrected chi connectivity index (χ2v) is 6.05. The van der Waals surface area contributed by atoms with E-state index in [0.717, 1.165) is 12.0 Å². The number of imide groups is 1. The molecule has 2 aromatic rings. The van der Waals surface area contributed by atoms with Gasteiger partial charge in [0.2, 0.25) is 11.8 Å². The van der Waals surface area contributed by atoms with Gasteiger partial charge in [0.1, 0.15) is 6.04 Å². The number of aryl methyl sites for hydroxylation is 1. The third kappa shape index (κ3) is 3.08. The van der Waals surface area contributed by atoms with Crippen LogP contribution >= 0.6 is 0 Å². The highest BCUT2D eigenvalue weighted by molar-refractivity contribution is 6.00. The predicted molar refractivity (Wildman–Crippen MR) is 93.8 cm³/mol. The zero-order chi connectivity index (χ0) is 18.0. The number of unbranched alkanes of at least 4 members (excludes halogenated alkanes) is 1. The maximum atomic E-state index is 12.7. The van der Waals surface area contributed by atoms with Gasteiger partial charge in [0.05, 0.1) is 16.6 Å². The minimum absolute atomic E-state index is 0.220. The molecule has 1 atom stereocenters. The van der Waals surface area contributed by atoms with Crippen LogP contribution in [0.15, 0.2) is 23.0 Å². The van der Waals surface area contributed by atoms with Crippen molar-refractivity contribution in [2.45, 2.75) is 31.7 Å². The molecule has 7 nitrogen and oxygen atoms in total. The Morgan fingerprint density at radius 2 is 2.12 bits per heavy atom. The second kappa shape index (κ2) is 6.95. The van der Waals surface area contributed by atoms with Gasteiger partial charge < -0.3 is 5.73 Å². The lowest BCUT2D eigenvalue weighted by Crippen LogP contribution is -2.44. The molecule has 3 rings (SSSR count). The Morgan fingerprint density at radius 3 is 2.84 bits per heavy atom. The lowest BCUT2D eigenvalue weighted by Gasteiger charge is -2.21. The lowest BCUT2D eigenvalue weighted by molar-refractivity contribution is -0.135. The smallest absolute Gasteiger partial charge is 0.329 e. The topological polar surface area (TPSA) is 99.1 Å². The van der Waals surface area contributed by atoms with E-state index in [1.54, 1.807) is 13.1 Å². The summed E-state index contributed by atoms with van der Waals surface area (Å²) in [5.74, 6) is 5.41. The molecule has 0 radical (unpaired) electrons. The van der Waals surface area contributed by atoms with Crippen molar-refractivity contribution in [1.82, 2.24) is 14.5 Å². The standard InChI is InChI=1S/C18H20N4O3/c1-21-16-12(6-3-2-4-11-19)7-5-8-13(16)22(18(21)25)14-9-10-15(23)20-17(14)24/h5,7-8,14H,2,4,9-11,19H2,1H3,(H,20,23,24). The molecule has 1 aliphatic rings. The molecule has 3 N–H and O–H groups in total. The molecular weight excluding hydrogens is 320 g/mol. The minimum atomic E-state index is -0.686. The van der Waals surface area contributed by atoms with E-state index in [-0.39, 0.29) is 18.0 Å². The van der Waals surface area contributed by atoms with Crippen molar-refractivity contribution in [2.75, 3.05) is 6.54 Å². The van der Waals surface area contributed by atoms with Gasteiger partial charge in [-0.05, 0) is 31.5 Å². The van der Waals surface area contributed by atoms with Gasteiger partial charge in [-0.3, -0.25) is 24.0 Å². The summed E-state index contributed by atoms with van der Waals surface area (Å²) in [6, 6.07) is 4.78. The van der Waals surface area contributed by atoms with Crippen LogP contribution in [0.3, 0.4) is 0 Å². The number of imidazole rings is 1. The highest BCUT2D eigenvalue weighted by Gasteiger charge is 2.31. The average Bonchev–Trinajstić information content (AvgIpc) is 2.84. The number of para-hydroxylation sites is 1. The Morgan fingerprint density at radius 1 is 1.32 bits per heavy atom. The summed E-state index contributed by atoms with van der Waals surface area (Å²) in [5, 5.41) is 2.31. The summed E-state index contributed by atoms with van der Waals surface area (Å²) < 4.78 is 2.97. The van der Waals surface area contributed by atoms with Crippen LogP contribution in [0.2, 0.25) is 0 Å². The van der Waals surface area contributed by atoms with E-state index in [2.05, 4.69) is 17.2 Å². The number of nitrogens with zero attached hydrogens (tertiary/aromatic N) is 2. The molecule has 0 saturated carbocycles. The number of hydrogen-bond donors (Lipinski definition) is 2. The third-order valence-corrected chi connectivity index (χ3v) is 4.35. The van der Waals surface area contributed by atoms with Gasteiger partial charge in [-0.15, -0.1) is 0 Å². The Labute approximate surface area is 144 Å². The van der Waals surface area contributed by atoms with Gasteiger partial charge in [0.25, 0.3) is 0 Å². The summed E-state index contributed by atoms with van der Waals surface area (Å²) in [6.45, 7) is 0.587. The van der Waals surface area contributed by atoms with Crippen LogP contribution in [-0.2, 0) is 16.6 Å². The maximum absolute atomic E-state index is 12.7. The normalized spacial score (nSPS) is 17.3. The highest BCUT2D eigenvalue weighted by atomic mass is 16.2. The van der Waals surface area contributed by atoms with Crippen molar-refractivity contribution < 1.29 is 9.59 Å². The number of piperidine rings is 1. The molecule has 2 heterocycles. The zero-order valence-electron chi connectivity index (χ0n) is 14.0. The number of hydrogen-bond acceptors (Lipinski definition) is 4. The first-order valence-corrected chi connectivity index (χ1v) is 8.27. The fourth-order valence-electron chi connectivity index (χ4n) is 3.12. The summed E-state index contributed by atoms with van der Waals surface area (Å²) in [4.78, 5) is 36.3.